The van der Waals surface area contributed by atoms with Crippen LogP contribution in [0.15, 0.2) is 10.4 Å². The van der Waals surface area contributed by atoms with Crippen LogP contribution in [0.1, 0.15) is 38.5 Å². The van der Waals surface area contributed by atoms with Crippen LogP contribution in [0.3, 0.4) is 0 Å². The van der Waals surface area contributed by atoms with E-state index in [0.29, 0.717) is 39.0 Å². The number of nitrogens with zero attached hydrogens (tertiary/aromatic N) is 6. The maximum absolute atomic E-state index is 11.8. The third-order valence-corrected chi connectivity index (χ3v) is 6.42. The van der Waals surface area contributed by atoms with E-state index in [9.17, 15) is 19.4 Å². The molecule has 0 unspecified atom stereocenters. The second-order valence-electron chi connectivity index (χ2n) is 9.13. The Morgan fingerprint density at radius 2 is 1.09 bits per heavy atom. The standard InChI is InChI=1S/C23H46N8O4/c1-25-23(33)7-17-31-15-5-13-29(11-3-9-27-35)19-18-28(10-2-8-26-34)12-4-14-30(20-21-31)16-6-22(24)32/h2-21H2,1H3,(H2,24,32)(H,25,33). The molecule has 12 heteroatoms. The molecule has 1 aliphatic heterocycles. The molecule has 1 fully saturated rings. The maximum atomic E-state index is 11.8. The number of amides is 2. The molecule has 0 radical (unpaired) electrons. The number of carbonyl (C=O) groups excluding carboxylic acids is 2. The topological polar surface area (TPSA) is 144 Å². The SMILES string of the molecule is CNC(=O)CCN1CCCN(CCCN=O)CCN(CCCN=O)CCCN(CCC(N)=O)CC1. The first kappa shape index (κ1) is 31.0. The summed E-state index contributed by atoms with van der Waals surface area (Å²) < 4.78 is 0. The van der Waals surface area contributed by atoms with Crippen LogP contribution < -0.4 is 11.1 Å². The van der Waals surface area contributed by atoms with Gasteiger partial charge in [0.1, 0.15) is 0 Å². The Bertz CT molecular complexity index is 610. The molecule has 12 nitrogen and oxygen atoms in total. The number of carbonyl (C=O) groups is 2. The van der Waals surface area contributed by atoms with Gasteiger partial charge in [-0.25, -0.2) is 0 Å². The van der Waals surface area contributed by atoms with E-state index < -0.39 is 0 Å². The second kappa shape index (κ2) is 20.2. The molecule has 0 aliphatic carbocycles. The van der Waals surface area contributed by atoms with Crippen LogP contribution in [0.25, 0.3) is 0 Å². The number of nitrogens with two attached hydrogens (primary N) is 1. The molecular formula is C23H46N8O4. The lowest BCUT2D eigenvalue weighted by atomic mass is 10.2. The van der Waals surface area contributed by atoms with Crippen LogP contribution in [0.4, 0.5) is 0 Å². The molecule has 1 aliphatic rings. The number of nitroso groups, excluding NO2 is 2. The van der Waals surface area contributed by atoms with Crippen molar-refractivity contribution in [2.45, 2.75) is 38.5 Å². The molecule has 2 amide bonds. The molecule has 0 spiro atoms. The van der Waals surface area contributed by atoms with E-state index in [-0.39, 0.29) is 11.8 Å². The van der Waals surface area contributed by atoms with Gasteiger partial charge in [0, 0.05) is 72.2 Å². The Balaban J connectivity index is 2.85. The van der Waals surface area contributed by atoms with Crippen LogP contribution in [0, 0.1) is 9.81 Å². The average Bonchev–Trinajstić information content (AvgIpc) is 2.84. The zero-order valence-electron chi connectivity index (χ0n) is 21.5. The lowest BCUT2D eigenvalue weighted by Crippen LogP contribution is -2.42. The van der Waals surface area contributed by atoms with Crippen molar-refractivity contribution in [2.24, 2.45) is 16.1 Å². The fourth-order valence-corrected chi connectivity index (χ4v) is 4.31. The van der Waals surface area contributed by atoms with Gasteiger partial charge in [-0.05, 0) is 51.9 Å². The molecule has 1 rings (SSSR count). The number of rotatable bonds is 14. The van der Waals surface area contributed by atoms with Gasteiger partial charge in [0.2, 0.25) is 11.8 Å². The second-order valence-corrected chi connectivity index (χ2v) is 9.13. The molecule has 0 atom stereocenters. The van der Waals surface area contributed by atoms with E-state index in [1.807, 2.05) is 0 Å². The Morgan fingerprint density at radius 1 is 0.686 bits per heavy atom. The fourth-order valence-electron chi connectivity index (χ4n) is 4.31. The predicted octanol–water partition coefficient (Wildman–Crippen LogP) is 0.313. The van der Waals surface area contributed by atoms with Gasteiger partial charge in [-0.15, -0.1) is 0 Å². The van der Waals surface area contributed by atoms with Gasteiger partial charge in [-0.2, -0.15) is 9.81 Å². The van der Waals surface area contributed by atoms with Crippen molar-refractivity contribution in [2.75, 3.05) is 98.7 Å². The van der Waals surface area contributed by atoms with Crippen molar-refractivity contribution < 1.29 is 9.59 Å². The van der Waals surface area contributed by atoms with Gasteiger partial charge in [0.05, 0.1) is 13.1 Å². The minimum Gasteiger partial charge on any atom is -0.370 e. The summed E-state index contributed by atoms with van der Waals surface area (Å²) in [4.78, 5) is 53.6. The molecule has 35 heavy (non-hydrogen) atoms. The summed E-state index contributed by atoms with van der Waals surface area (Å²) in [6.45, 7) is 10.6. The zero-order chi connectivity index (χ0) is 25.7. The lowest BCUT2D eigenvalue weighted by Gasteiger charge is -2.32. The highest BCUT2D eigenvalue weighted by Crippen LogP contribution is 2.05. The van der Waals surface area contributed by atoms with Crippen LogP contribution in [-0.4, -0.2) is 130 Å². The van der Waals surface area contributed by atoms with Gasteiger partial charge < -0.3 is 30.7 Å². The zero-order valence-corrected chi connectivity index (χ0v) is 21.5. The van der Waals surface area contributed by atoms with Crippen LogP contribution in [0.2, 0.25) is 0 Å². The largest absolute Gasteiger partial charge is 0.370 e. The highest BCUT2D eigenvalue weighted by atomic mass is 16.3. The highest BCUT2D eigenvalue weighted by molar-refractivity contribution is 5.75. The molecule has 0 aromatic heterocycles. The molecule has 0 saturated carbocycles. The van der Waals surface area contributed by atoms with E-state index in [4.69, 9.17) is 5.73 Å². The fraction of sp³-hybridized carbons (Fsp3) is 0.913. The van der Waals surface area contributed by atoms with Crippen LogP contribution >= 0.6 is 0 Å². The highest BCUT2D eigenvalue weighted by Gasteiger charge is 2.16. The number of primary amides is 1. The normalized spacial score (nSPS) is 18.5. The Labute approximate surface area is 209 Å². The summed E-state index contributed by atoms with van der Waals surface area (Å²) in [5.41, 5.74) is 5.40. The summed E-state index contributed by atoms with van der Waals surface area (Å²) in [7, 11) is 1.65. The van der Waals surface area contributed by atoms with Crippen molar-refractivity contribution in [3.63, 3.8) is 0 Å². The average molecular weight is 499 g/mol. The minimum absolute atomic E-state index is 0.0304. The summed E-state index contributed by atoms with van der Waals surface area (Å²) in [6, 6.07) is 0. The van der Waals surface area contributed by atoms with E-state index in [1.54, 1.807) is 7.05 Å². The molecule has 3 N–H and O–H groups in total. The predicted molar refractivity (Wildman–Crippen MR) is 138 cm³/mol. The van der Waals surface area contributed by atoms with E-state index in [1.165, 1.54) is 0 Å². The number of nitrogens with one attached hydrogen (secondary N) is 1. The molecule has 0 aromatic carbocycles. The molecule has 202 valence electrons. The molecule has 1 heterocycles. The summed E-state index contributed by atoms with van der Waals surface area (Å²) >= 11 is 0. The van der Waals surface area contributed by atoms with E-state index in [2.05, 4.69) is 35.3 Å². The third-order valence-electron chi connectivity index (χ3n) is 6.42. The van der Waals surface area contributed by atoms with Gasteiger partial charge in [0.15, 0.2) is 0 Å². The lowest BCUT2D eigenvalue weighted by molar-refractivity contribution is -0.121. The van der Waals surface area contributed by atoms with Crippen LogP contribution in [-0.2, 0) is 9.59 Å². The molecule has 0 aromatic rings. The first-order valence-electron chi connectivity index (χ1n) is 12.9. The monoisotopic (exact) mass is 498 g/mol. The molecule has 1 saturated heterocycles. The van der Waals surface area contributed by atoms with Gasteiger partial charge >= 0.3 is 0 Å². The molecule has 0 bridgehead atoms. The third kappa shape index (κ3) is 16.3. The first-order valence-corrected chi connectivity index (χ1v) is 12.9. The van der Waals surface area contributed by atoms with E-state index in [0.717, 1.165) is 91.1 Å². The Morgan fingerprint density at radius 3 is 1.46 bits per heavy atom. The van der Waals surface area contributed by atoms with Crippen molar-refractivity contribution in [1.29, 1.82) is 0 Å². The van der Waals surface area contributed by atoms with E-state index >= 15 is 0 Å². The maximum Gasteiger partial charge on any atom is 0.221 e. The summed E-state index contributed by atoms with van der Waals surface area (Å²) in [6.07, 6.45) is 4.17. The van der Waals surface area contributed by atoms with Crippen molar-refractivity contribution in [3.8, 4) is 0 Å². The van der Waals surface area contributed by atoms with Gasteiger partial charge in [0.25, 0.3) is 0 Å². The smallest absolute Gasteiger partial charge is 0.221 e. The van der Waals surface area contributed by atoms with Crippen molar-refractivity contribution >= 4 is 11.8 Å². The Hall–Kier alpha value is -2.02. The van der Waals surface area contributed by atoms with Gasteiger partial charge in [-0.3, -0.25) is 9.59 Å². The Kier molecular flexibility index (Phi) is 17.9. The molecular weight excluding hydrogens is 452 g/mol. The van der Waals surface area contributed by atoms with Crippen LogP contribution in [0.5, 0.6) is 0 Å². The van der Waals surface area contributed by atoms with Gasteiger partial charge in [-0.1, -0.05) is 10.4 Å². The summed E-state index contributed by atoms with van der Waals surface area (Å²) in [5, 5.41) is 8.68. The van der Waals surface area contributed by atoms with Crippen molar-refractivity contribution in [3.05, 3.63) is 9.81 Å². The number of hydrogen-bond donors (Lipinski definition) is 2. The summed E-state index contributed by atoms with van der Waals surface area (Å²) in [5.74, 6) is -0.267. The van der Waals surface area contributed by atoms with Crippen molar-refractivity contribution in [1.82, 2.24) is 24.9 Å². The first-order chi connectivity index (χ1) is 17.0. The quantitative estimate of drug-likeness (QED) is 0.257. The minimum atomic E-state index is -0.297. The number of hydrogen-bond acceptors (Lipinski definition) is 10.